The van der Waals surface area contributed by atoms with Crippen LogP contribution in [0.5, 0.6) is 0 Å². The number of nitrogens with one attached hydrogen (secondary N) is 6. The van der Waals surface area contributed by atoms with Crippen molar-refractivity contribution in [1.29, 1.82) is 0 Å². The fraction of sp³-hybridized carbons (Fsp3) is 0.740. The van der Waals surface area contributed by atoms with Crippen LogP contribution in [-0.4, -0.2) is 142 Å². The molecule has 0 bridgehead atoms. The number of esters is 1. The summed E-state index contributed by atoms with van der Waals surface area (Å²) in [7, 11) is 0. The van der Waals surface area contributed by atoms with E-state index in [-0.39, 0.29) is 42.9 Å². The molecule has 0 aromatic heterocycles. The van der Waals surface area contributed by atoms with Crippen molar-refractivity contribution >= 4 is 101 Å². The highest BCUT2D eigenvalue weighted by molar-refractivity contribution is 8.23. The molecule has 424 valence electrons. The number of alkyl carbamates (subject to hydrolysis) is 4. The average Bonchev–Trinajstić information content (AvgIpc) is 3.87. The van der Waals surface area contributed by atoms with Gasteiger partial charge in [-0.25, -0.2) is 34.0 Å². The summed E-state index contributed by atoms with van der Waals surface area (Å²) in [4.78, 5) is 96.5. The van der Waals surface area contributed by atoms with Crippen LogP contribution in [0.25, 0.3) is 0 Å². The Balaban J connectivity index is 0.000000397. The van der Waals surface area contributed by atoms with Gasteiger partial charge in [-0.15, -0.1) is 47.0 Å². The quantitative estimate of drug-likeness (QED) is 0.0497. The zero-order chi connectivity index (χ0) is 56.5. The van der Waals surface area contributed by atoms with E-state index < -0.39 is 82.8 Å². The summed E-state index contributed by atoms with van der Waals surface area (Å²) in [6.45, 7) is 25.0. The SMILES string of the molecule is CC(=O)NC(CO)C1CC(=C2SCCCS2)CC1N=C(NC(=O)OC(C)(C)C)NC(=O)OC(C)(C)C.CCOC(=O)C(NC(C)=O)C1CC(=C2SCCCS2)CC1N=C(NC(=O)OC(C)(C)C)NC(=O)OC(C)(C)C. The van der Waals surface area contributed by atoms with Crippen LogP contribution in [0.2, 0.25) is 0 Å². The second-order valence-corrected chi connectivity index (χ2v) is 27.0. The van der Waals surface area contributed by atoms with Crippen molar-refractivity contribution in [3.05, 3.63) is 19.6 Å². The number of carbonyl (C=O) groups excluding carboxylic acids is 7. The van der Waals surface area contributed by atoms with Gasteiger partial charge in [0, 0.05) is 34.2 Å². The van der Waals surface area contributed by atoms with E-state index in [4.69, 9.17) is 33.7 Å². The molecule has 0 aromatic rings. The predicted octanol–water partition coefficient (Wildman–Crippen LogP) is 8.07. The second kappa shape index (κ2) is 29.4. The molecule has 4 rings (SSSR count). The van der Waals surface area contributed by atoms with Crippen LogP contribution in [0, 0.1) is 11.8 Å². The first-order valence-electron chi connectivity index (χ1n) is 25.2. The van der Waals surface area contributed by atoms with Crippen molar-refractivity contribution in [2.24, 2.45) is 21.8 Å². The largest absolute Gasteiger partial charge is 0.464 e. The lowest BCUT2D eigenvalue weighted by molar-refractivity contribution is -0.149. The molecule has 21 nitrogen and oxygen atoms in total. The number of aliphatic hydroxyl groups is 1. The fourth-order valence-electron chi connectivity index (χ4n) is 7.92. The highest BCUT2D eigenvalue weighted by Crippen LogP contribution is 2.47. The van der Waals surface area contributed by atoms with Crippen LogP contribution in [0.15, 0.2) is 29.6 Å². The van der Waals surface area contributed by atoms with Crippen LogP contribution in [0.3, 0.4) is 0 Å². The lowest BCUT2D eigenvalue weighted by atomic mass is 9.94. The van der Waals surface area contributed by atoms with E-state index >= 15 is 0 Å². The van der Waals surface area contributed by atoms with Crippen molar-refractivity contribution < 1.29 is 62.4 Å². The number of hydrogen-bond acceptors (Lipinski definition) is 19. The normalized spacial score (nSPS) is 20.9. The number of rotatable bonds is 9. The number of amides is 6. The molecule has 0 spiro atoms. The third-order valence-corrected chi connectivity index (χ3v) is 16.0. The van der Waals surface area contributed by atoms with E-state index in [2.05, 4.69) is 31.9 Å². The first-order chi connectivity index (χ1) is 34.7. The first kappa shape index (κ1) is 65.0. The van der Waals surface area contributed by atoms with Gasteiger partial charge in [0.05, 0.1) is 31.3 Å². The highest BCUT2D eigenvalue weighted by atomic mass is 32.2. The zero-order valence-corrected chi connectivity index (χ0v) is 49.6. The van der Waals surface area contributed by atoms with E-state index in [1.807, 2.05) is 23.5 Å². The summed E-state index contributed by atoms with van der Waals surface area (Å²) in [5.41, 5.74) is -0.748. The van der Waals surface area contributed by atoms with Gasteiger partial charge in [0.1, 0.15) is 28.4 Å². The number of ether oxygens (including phenoxy) is 5. The molecule has 6 atom stereocenters. The summed E-state index contributed by atoms with van der Waals surface area (Å²) >= 11 is 7.18. The number of carbonyl (C=O) groups is 7. The lowest BCUT2D eigenvalue weighted by Gasteiger charge is -2.26. The molecule has 2 aliphatic heterocycles. The molecule has 2 aliphatic carbocycles. The Hall–Kier alpha value is -4.33. The molecule has 4 fully saturated rings. The number of guanidine groups is 2. The summed E-state index contributed by atoms with van der Waals surface area (Å²) in [5, 5.41) is 25.7. The van der Waals surface area contributed by atoms with Crippen LogP contribution in [-0.2, 0) is 38.1 Å². The number of aliphatic hydroxyl groups excluding tert-OH is 1. The fourth-order valence-corrected chi connectivity index (χ4v) is 13.3. The molecular formula is C50H82N8O13S4. The van der Waals surface area contributed by atoms with E-state index in [1.165, 1.54) is 27.9 Å². The number of nitrogens with zero attached hydrogens (tertiary/aromatic N) is 2. The Morgan fingerprint density at radius 3 is 1.19 bits per heavy atom. The Labute approximate surface area is 459 Å². The molecule has 0 aromatic carbocycles. The van der Waals surface area contributed by atoms with Crippen LogP contribution < -0.4 is 31.9 Å². The smallest absolute Gasteiger partial charge is 0.414 e. The Morgan fingerprint density at radius 2 is 0.880 bits per heavy atom. The molecule has 2 heterocycles. The lowest BCUT2D eigenvalue weighted by Crippen LogP contribution is -2.50. The van der Waals surface area contributed by atoms with Gasteiger partial charge in [0.15, 0.2) is 0 Å². The molecule has 0 radical (unpaired) electrons. The summed E-state index contributed by atoms with van der Waals surface area (Å²) in [5.74, 6) is 1.92. The van der Waals surface area contributed by atoms with Gasteiger partial charge in [0.25, 0.3) is 0 Å². The standard InChI is InChI=1S/C26H42N4O7S2.C24H40N4O6S2/c1-9-35-20(32)19(27-15(2)31)17-13-16(21-38-11-10-12-39-21)14-18(17)28-22(29-23(33)36-25(3,4)5)30-24(34)37-26(6,7)8;1-14(30)25-18(13-29)16-11-15(19-35-9-8-10-36-19)12-17(16)26-20(27-21(31)33-23(2,3)4)28-22(32)34-24(5,6)7/h17-19H,9-14H2,1-8H3,(H,27,31)(H2,28,29,30,33,34);16-18,29H,8-13H2,1-7H3,(H,25,30)(H2,26,27,28,31,32). The van der Waals surface area contributed by atoms with Crippen molar-refractivity contribution in [2.75, 3.05) is 36.2 Å². The van der Waals surface area contributed by atoms with Crippen LogP contribution in [0.4, 0.5) is 19.2 Å². The number of hydrogen-bond donors (Lipinski definition) is 7. The van der Waals surface area contributed by atoms with Gasteiger partial charge >= 0.3 is 30.3 Å². The van der Waals surface area contributed by atoms with Gasteiger partial charge in [-0.2, -0.15) is 0 Å². The third-order valence-electron chi connectivity index (χ3n) is 10.4. The molecular weight excluding hydrogens is 1050 g/mol. The third kappa shape index (κ3) is 25.1. The second-order valence-electron chi connectivity index (χ2n) is 22.0. The summed E-state index contributed by atoms with van der Waals surface area (Å²) < 4.78 is 29.1. The van der Waals surface area contributed by atoms with Gasteiger partial charge in [-0.1, -0.05) is 0 Å². The first-order valence-corrected chi connectivity index (χ1v) is 29.1. The van der Waals surface area contributed by atoms with Crippen LogP contribution in [0.1, 0.15) is 142 Å². The molecule has 6 amide bonds. The number of aliphatic imine (C=N–C) groups is 2. The van der Waals surface area contributed by atoms with Crippen LogP contribution >= 0.6 is 47.0 Å². The van der Waals surface area contributed by atoms with Gasteiger partial charge in [0.2, 0.25) is 23.7 Å². The Bertz CT molecular complexity index is 2080. The maximum Gasteiger partial charge on any atom is 0.414 e. The molecule has 4 aliphatic rings. The topological polar surface area (TPSA) is 283 Å². The van der Waals surface area contributed by atoms with Gasteiger partial charge in [-0.05, 0) is 163 Å². The predicted molar refractivity (Wildman–Crippen MR) is 297 cm³/mol. The minimum absolute atomic E-state index is 0.108. The molecule has 6 unspecified atom stereocenters. The monoisotopic (exact) mass is 1130 g/mol. The highest BCUT2D eigenvalue weighted by Gasteiger charge is 2.43. The maximum atomic E-state index is 13.0. The number of thioether (sulfide) groups is 4. The van der Waals surface area contributed by atoms with Crippen molar-refractivity contribution in [1.82, 2.24) is 31.9 Å². The van der Waals surface area contributed by atoms with Crippen molar-refractivity contribution in [3.8, 4) is 0 Å². The van der Waals surface area contributed by atoms with E-state index in [1.54, 1.807) is 114 Å². The summed E-state index contributed by atoms with van der Waals surface area (Å²) in [6.07, 6.45) is 1.27. The molecule has 7 N–H and O–H groups in total. The Morgan fingerprint density at radius 1 is 0.547 bits per heavy atom. The van der Waals surface area contributed by atoms with E-state index in [0.29, 0.717) is 25.7 Å². The average molecular weight is 1130 g/mol. The molecule has 25 heteroatoms. The van der Waals surface area contributed by atoms with Crippen molar-refractivity contribution in [3.63, 3.8) is 0 Å². The maximum absolute atomic E-state index is 13.0. The van der Waals surface area contributed by atoms with E-state index in [9.17, 15) is 38.7 Å². The molecule has 2 saturated carbocycles. The van der Waals surface area contributed by atoms with Gasteiger partial charge < -0.3 is 39.4 Å². The van der Waals surface area contributed by atoms with E-state index in [0.717, 1.165) is 41.4 Å². The summed E-state index contributed by atoms with van der Waals surface area (Å²) in [6, 6.07) is -2.48. The molecule has 2 saturated heterocycles. The minimum Gasteiger partial charge on any atom is -0.464 e. The van der Waals surface area contributed by atoms with Gasteiger partial charge in [-0.3, -0.25) is 30.9 Å². The Kier molecular flexibility index (Phi) is 25.5. The minimum atomic E-state index is -0.961. The van der Waals surface area contributed by atoms with Crippen molar-refractivity contribution in [2.45, 2.75) is 189 Å². The molecule has 75 heavy (non-hydrogen) atoms. The zero-order valence-electron chi connectivity index (χ0n) is 46.3.